The van der Waals surface area contributed by atoms with E-state index in [1.54, 1.807) is 24.6 Å². The maximum atomic E-state index is 11.1. The smallest absolute Gasteiger partial charge is 0.337 e. The Kier molecular flexibility index (Phi) is 2.70. The molecule has 0 radical (unpaired) electrons. The summed E-state index contributed by atoms with van der Waals surface area (Å²) >= 11 is 1.34. The Morgan fingerprint density at radius 1 is 1.25 bits per heavy atom. The fraction of sp³-hybridized carbons (Fsp3) is 0.182. The predicted octanol–water partition coefficient (Wildman–Crippen LogP) is 2.62. The van der Waals surface area contributed by atoms with Crippen molar-refractivity contribution in [1.29, 1.82) is 0 Å². The van der Waals surface area contributed by atoms with Gasteiger partial charge in [-0.15, -0.1) is 11.3 Å². The number of rotatable bonds is 3. The average molecular weight is 238 g/mol. The van der Waals surface area contributed by atoms with Gasteiger partial charge in [0.15, 0.2) is 0 Å². The van der Waals surface area contributed by atoms with Crippen LogP contribution in [0.5, 0.6) is 11.5 Å². The second-order valence-corrected chi connectivity index (χ2v) is 4.01. The number of ether oxygens (including phenoxy) is 2. The van der Waals surface area contributed by atoms with Crippen LogP contribution in [-0.4, -0.2) is 25.3 Å². The monoisotopic (exact) mass is 238 g/mol. The van der Waals surface area contributed by atoms with Crippen LogP contribution < -0.4 is 9.47 Å². The number of hydrogen-bond donors (Lipinski definition) is 1. The number of carboxylic acids is 1. The van der Waals surface area contributed by atoms with Crippen LogP contribution in [0.4, 0.5) is 0 Å². The van der Waals surface area contributed by atoms with Crippen molar-refractivity contribution < 1.29 is 19.4 Å². The molecule has 0 bridgehead atoms. The van der Waals surface area contributed by atoms with Crippen LogP contribution in [0, 0.1) is 0 Å². The highest BCUT2D eigenvalue weighted by Crippen LogP contribution is 2.39. The number of methoxy groups -OCH3 is 2. The maximum Gasteiger partial charge on any atom is 0.337 e. The first kappa shape index (κ1) is 10.8. The van der Waals surface area contributed by atoms with Gasteiger partial charge in [-0.3, -0.25) is 0 Å². The zero-order valence-electron chi connectivity index (χ0n) is 8.81. The number of benzene rings is 1. The van der Waals surface area contributed by atoms with Gasteiger partial charge >= 0.3 is 5.97 Å². The zero-order chi connectivity index (χ0) is 11.7. The van der Waals surface area contributed by atoms with Gasteiger partial charge in [0.25, 0.3) is 0 Å². The Morgan fingerprint density at radius 3 is 2.44 bits per heavy atom. The molecule has 0 saturated carbocycles. The zero-order valence-corrected chi connectivity index (χ0v) is 9.63. The van der Waals surface area contributed by atoms with Gasteiger partial charge in [-0.25, -0.2) is 4.79 Å². The van der Waals surface area contributed by atoms with Gasteiger partial charge < -0.3 is 14.6 Å². The summed E-state index contributed by atoms with van der Waals surface area (Å²) in [6, 6.07) is 3.48. The van der Waals surface area contributed by atoms with E-state index in [9.17, 15) is 4.79 Å². The summed E-state index contributed by atoms with van der Waals surface area (Å²) in [5.74, 6) is 0.251. The maximum absolute atomic E-state index is 11.1. The number of carboxylic acid groups (broad SMARTS) is 1. The third-order valence-corrected chi connectivity index (χ3v) is 3.31. The number of thiophene rings is 1. The Labute approximate surface area is 96.0 Å². The molecule has 1 N–H and O–H groups in total. The standard InChI is InChI=1S/C11H10O4S/c1-14-7-3-4-8(15-2)10-9(7)6(5-16-10)11(12)13/h3-5H,1-2H3,(H,12,13). The lowest BCUT2D eigenvalue weighted by Gasteiger charge is -2.06. The molecule has 0 aliphatic carbocycles. The first-order valence-corrected chi connectivity index (χ1v) is 5.42. The second kappa shape index (κ2) is 4.02. The second-order valence-electron chi connectivity index (χ2n) is 3.13. The summed E-state index contributed by atoms with van der Waals surface area (Å²) in [6.45, 7) is 0. The summed E-state index contributed by atoms with van der Waals surface area (Å²) in [7, 11) is 3.08. The van der Waals surface area contributed by atoms with E-state index in [0.29, 0.717) is 16.9 Å². The van der Waals surface area contributed by atoms with Crippen LogP contribution in [0.3, 0.4) is 0 Å². The summed E-state index contributed by atoms with van der Waals surface area (Å²) < 4.78 is 11.1. The molecule has 0 spiro atoms. The lowest BCUT2D eigenvalue weighted by molar-refractivity contribution is 0.0699. The van der Waals surface area contributed by atoms with Crippen molar-refractivity contribution in [3.63, 3.8) is 0 Å². The molecule has 0 aliphatic rings. The molecular weight excluding hydrogens is 228 g/mol. The normalized spacial score (nSPS) is 10.4. The molecular formula is C11H10O4S. The molecule has 2 rings (SSSR count). The molecule has 0 atom stereocenters. The van der Waals surface area contributed by atoms with E-state index in [4.69, 9.17) is 14.6 Å². The first-order valence-electron chi connectivity index (χ1n) is 4.54. The summed E-state index contributed by atoms with van der Waals surface area (Å²) in [4.78, 5) is 11.1. The van der Waals surface area contributed by atoms with Gasteiger partial charge in [-0.2, -0.15) is 0 Å². The Bertz CT molecular complexity index is 544. The van der Waals surface area contributed by atoms with E-state index in [-0.39, 0.29) is 5.56 Å². The molecule has 4 nitrogen and oxygen atoms in total. The fourth-order valence-electron chi connectivity index (χ4n) is 1.58. The molecule has 1 heterocycles. The Hall–Kier alpha value is -1.75. The minimum Gasteiger partial charge on any atom is -0.496 e. The number of aromatic carboxylic acids is 1. The number of fused-ring (bicyclic) bond motifs is 1. The lowest BCUT2D eigenvalue weighted by Crippen LogP contribution is -1.96. The van der Waals surface area contributed by atoms with Gasteiger partial charge in [0.05, 0.1) is 29.9 Å². The quantitative estimate of drug-likeness (QED) is 0.893. The van der Waals surface area contributed by atoms with E-state index >= 15 is 0 Å². The summed E-state index contributed by atoms with van der Waals surface area (Å²) in [5, 5.41) is 11.3. The molecule has 1 aromatic carbocycles. The molecule has 0 unspecified atom stereocenters. The molecule has 16 heavy (non-hydrogen) atoms. The third-order valence-electron chi connectivity index (χ3n) is 2.32. The highest BCUT2D eigenvalue weighted by Gasteiger charge is 2.17. The molecule has 0 amide bonds. The van der Waals surface area contributed by atoms with Crippen molar-refractivity contribution in [3.8, 4) is 11.5 Å². The highest BCUT2D eigenvalue weighted by molar-refractivity contribution is 7.18. The van der Waals surface area contributed by atoms with Crippen LogP contribution >= 0.6 is 11.3 Å². The van der Waals surface area contributed by atoms with Crippen molar-refractivity contribution in [2.45, 2.75) is 0 Å². The van der Waals surface area contributed by atoms with Crippen molar-refractivity contribution in [1.82, 2.24) is 0 Å². The molecule has 0 fully saturated rings. The predicted molar refractivity (Wildman–Crippen MR) is 61.9 cm³/mol. The Balaban J connectivity index is 2.82. The lowest BCUT2D eigenvalue weighted by atomic mass is 10.1. The highest BCUT2D eigenvalue weighted by atomic mass is 32.1. The van der Waals surface area contributed by atoms with E-state index in [1.807, 2.05) is 0 Å². The minimum absolute atomic E-state index is 0.246. The molecule has 84 valence electrons. The van der Waals surface area contributed by atoms with Crippen LogP contribution in [0.15, 0.2) is 17.5 Å². The number of carbonyl (C=O) groups is 1. The van der Waals surface area contributed by atoms with Gasteiger partial charge in [0.1, 0.15) is 11.5 Å². The average Bonchev–Trinajstić information content (AvgIpc) is 2.72. The van der Waals surface area contributed by atoms with Crippen LogP contribution in [-0.2, 0) is 0 Å². The van der Waals surface area contributed by atoms with Crippen LogP contribution in [0.25, 0.3) is 10.1 Å². The fourth-order valence-corrected chi connectivity index (χ4v) is 2.63. The van der Waals surface area contributed by atoms with Gasteiger partial charge in [-0.1, -0.05) is 0 Å². The molecule has 0 aliphatic heterocycles. The van der Waals surface area contributed by atoms with Crippen molar-refractivity contribution in [3.05, 3.63) is 23.1 Å². The van der Waals surface area contributed by atoms with Gasteiger partial charge in [0.2, 0.25) is 0 Å². The minimum atomic E-state index is -0.960. The van der Waals surface area contributed by atoms with E-state index in [0.717, 1.165) is 4.70 Å². The molecule has 0 saturated heterocycles. The first-order chi connectivity index (χ1) is 7.69. The van der Waals surface area contributed by atoms with Gasteiger partial charge in [0, 0.05) is 5.38 Å². The van der Waals surface area contributed by atoms with Crippen LogP contribution in [0.1, 0.15) is 10.4 Å². The number of hydrogen-bond acceptors (Lipinski definition) is 4. The third kappa shape index (κ3) is 1.49. The summed E-state index contributed by atoms with van der Waals surface area (Å²) in [6.07, 6.45) is 0. The van der Waals surface area contributed by atoms with Gasteiger partial charge in [-0.05, 0) is 12.1 Å². The van der Waals surface area contributed by atoms with E-state index < -0.39 is 5.97 Å². The van der Waals surface area contributed by atoms with E-state index in [1.165, 1.54) is 18.4 Å². The van der Waals surface area contributed by atoms with Crippen molar-refractivity contribution in [2.75, 3.05) is 14.2 Å². The van der Waals surface area contributed by atoms with Crippen LogP contribution in [0.2, 0.25) is 0 Å². The SMILES string of the molecule is COc1ccc(OC)c2c(C(=O)O)csc12. The Morgan fingerprint density at radius 2 is 1.88 bits per heavy atom. The molecule has 2 aromatic rings. The molecule has 5 heteroatoms. The van der Waals surface area contributed by atoms with Crippen molar-refractivity contribution in [2.24, 2.45) is 0 Å². The van der Waals surface area contributed by atoms with E-state index in [2.05, 4.69) is 0 Å². The van der Waals surface area contributed by atoms with Crippen molar-refractivity contribution >= 4 is 27.4 Å². The molecule has 1 aromatic heterocycles. The summed E-state index contributed by atoms with van der Waals surface area (Å²) in [5.41, 5.74) is 0.246. The largest absolute Gasteiger partial charge is 0.496 e. The topological polar surface area (TPSA) is 55.8 Å².